The average Bonchev–Trinajstić information content (AvgIpc) is 2.15. The number of thiophene rings is 1. The molecule has 0 aliphatic rings. The minimum Gasteiger partial charge on any atom is -0.277 e. The molecule has 0 fully saturated rings. The molecule has 3 heteroatoms. The Hall–Kier alpha value is -0.830. The number of nitrogens with zero attached hydrogens (tertiary/aromatic N) is 1. The van der Waals surface area contributed by atoms with E-state index in [-0.39, 0.29) is 0 Å². The van der Waals surface area contributed by atoms with E-state index in [0.29, 0.717) is 0 Å². The number of nitrogens with one attached hydrogen (secondary N) is 1. The monoisotopic (exact) mass is 123 g/mol. The lowest BCUT2D eigenvalue weighted by Crippen LogP contribution is -1.58. The normalized spacial score (nSPS) is 10.5. The van der Waals surface area contributed by atoms with E-state index in [1.165, 1.54) is 4.70 Å². The summed E-state index contributed by atoms with van der Waals surface area (Å²) in [5.41, 5.74) is 1.08. The maximum Gasteiger partial charge on any atom is 0.0765 e. The highest BCUT2D eigenvalue weighted by Gasteiger charge is 1.91. The van der Waals surface area contributed by atoms with Gasteiger partial charge in [0.1, 0.15) is 0 Å². The lowest BCUT2D eigenvalue weighted by Gasteiger charge is -1.63. The van der Waals surface area contributed by atoms with Gasteiger partial charge in [-0.3, -0.25) is 5.10 Å². The van der Waals surface area contributed by atoms with E-state index in [1.54, 1.807) is 17.5 Å². The molecule has 2 rings (SSSR count). The third-order valence-electron chi connectivity index (χ3n) is 1.00. The van der Waals surface area contributed by atoms with Crippen LogP contribution in [0.4, 0.5) is 0 Å². The topological polar surface area (TPSA) is 28.7 Å². The summed E-state index contributed by atoms with van der Waals surface area (Å²) in [7, 11) is 0. The van der Waals surface area contributed by atoms with Crippen LogP contribution >= 0.6 is 11.3 Å². The molecular formula is C5H3N2S. The maximum atomic E-state index is 3.83. The van der Waals surface area contributed by atoms with Crippen LogP contribution in [0.15, 0.2) is 12.3 Å². The second-order valence-corrected chi connectivity index (χ2v) is 2.39. The van der Waals surface area contributed by atoms with Crippen LogP contribution < -0.4 is 0 Å². The molecule has 2 heterocycles. The fraction of sp³-hybridized carbons (Fsp3) is 0. The molecule has 0 aliphatic carbocycles. The van der Waals surface area contributed by atoms with Crippen molar-refractivity contribution in [1.82, 2.24) is 10.2 Å². The molecule has 0 amide bonds. The average molecular weight is 123 g/mol. The Morgan fingerprint density at radius 1 is 1.75 bits per heavy atom. The van der Waals surface area contributed by atoms with Crippen molar-refractivity contribution in [3.05, 3.63) is 17.6 Å². The van der Waals surface area contributed by atoms with Crippen LogP contribution in [0, 0.1) is 5.38 Å². The van der Waals surface area contributed by atoms with Crippen molar-refractivity contribution in [2.24, 2.45) is 0 Å². The first-order valence-electron chi connectivity index (χ1n) is 2.26. The van der Waals surface area contributed by atoms with Crippen LogP contribution in [0.3, 0.4) is 0 Å². The van der Waals surface area contributed by atoms with Crippen molar-refractivity contribution >= 4 is 21.6 Å². The summed E-state index contributed by atoms with van der Waals surface area (Å²) in [4.78, 5) is 0. The Morgan fingerprint density at radius 3 is 3.62 bits per heavy atom. The van der Waals surface area contributed by atoms with Gasteiger partial charge in [-0.2, -0.15) is 5.10 Å². The summed E-state index contributed by atoms with van der Waals surface area (Å²) >= 11 is 1.58. The maximum absolute atomic E-state index is 3.83. The van der Waals surface area contributed by atoms with Gasteiger partial charge in [-0.1, -0.05) is 0 Å². The van der Waals surface area contributed by atoms with Crippen molar-refractivity contribution in [2.75, 3.05) is 0 Å². The Labute approximate surface area is 50.2 Å². The van der Waals surface area contributed by atoms with E-state index in [2.05, 4.69) is 15.6 Å². The molecule has 0 aromatic carbocycles. The zero-order valence-corrected chi connectivity index (χ0v) is 4.83. The SMILES string of the molecule is [c]1cc2[nH]ncc2s1. The third-order valence-corrected chi connectivity index (χ3v) is 1.79. The largest absolute Gasteiger partial charge is 0.277 e. The minimum atomic E-state index is 1.08. The first-order valence-corrected chi connectivity index (χ1v) is 3.07. The molecular weight excluding hydrogens is 120 g/mol. The molecule has 2 aromatic heterocycles. The molecule has 2 aromatic rings. The molecule has 0 saturated heterocycles. The lowest BCUT2D eigenvalue weighted by molar-refractivity contribution is 1.12. The fourth-order valence-electron chi connectivity index (χ4n) is 0.622. The Morgan fingerprint density at radius 2 is 2.75 bits per heavy atom. The van der Waals surface area contributed by atoms with Crippen LogP contribution in [0.2, 0.25) is 0 Å². The molecule has 0 saturated carbocycles. The lowest BCUT2D eigenvalue weighted by atomic mass is 10.5. The summed E-state index contributed by atoms with van der Waals surface area (Å²) in [5.74, 6) is 0. The highest BCUT2D eigenvalue weighted by atomic mass is 32.1. The van der Waals surface area contributed by atoms with Gasteiger partial charge in [0.2, 0.25) is 0 Å². The van der Waals surface area contributed by atoms with Crippen molar-refractivity contribution in [1.29, 1.82) is 0 Å². The summed E-state index contributed by atoms with van der Waals surface area (Å²) in [6.45, 7) is 0. The number of hydrogen-bond acceptors (Lipinski definition) is 2. The van der Waals surface area contributed by atoms with Crippen LogP contribution in [-0.2, 0) is 0 Å². The minimum absolute atomic E-state index is 1.08. The van der Waals surface area contributed by atoms with Gasteiger partial charge in [0.25, 0.3) is 0 Å². The zero-order chi connectivity index (χ0) is 5.40. The molecule has 0 aliphatic heterocycles. The summed E-state index contributed by atoms with van der Waals surface area (Å²) in [6, 6.07) is 1.90. The quantitative estimate of drug-likeness (QED) is 0.564. The van der Waals surface area contributed by atoms with E-state index >= 15 is 0 Å². The van der Waals surface area contributed by atoms with Crippen LogP contribution in [0.5, 0.6) is 0 Å². The first-order chi connectivity index (χ1) is 3.97. The first kappa shape index (κ1) is 4.09. The van der Waals surface area contributed by atoms with Gasteiger partial charge in [-0.25, -0.2) is 0 Å². The van der Waals surface area contributed by atoms with Gasteiger partial charge in [-0.15, -0.1) is 11.3 Å². The zero-order valence-electron chi connectivity index (χ0n) is 4.01. The summed E-state index contributed by atoms with van der Waals surface area (Å²) < 4.78 is 1.17. The number of aromatic amines is 1. The smallest absolute Gasteiger partial charge is 0.0765 e. The molecule has 1 N–H and O–H groups in total. The molecule has 0 unspecified atom stereocenters. The number of aromatic nitrogens is 2. The van der Waals surface area contributed by atoms with Crippen LogP contribution in [-0.4, -0.2) is 10.2 Å². The molecule has 8 heavy (non-hydrogen) atoms. The van der Waals surface area contributed by atoms with E-state index in [9.17, 15) is 0 Å². The molecule has 39 valence electrons. The summed E-state index contributed by atoms with van der Waals surface area (Å²) in [6.07, 6.45) is 1.80. The van der Waals surface area contributed by atoms with Gasteiger partial charge >= 0.3 is 0 Å². The van der Waals surface area contributed by atoms with E-state index in [4.69, 9.17) is 0 Å². The van der Waals surface area contributed by atoms with Crippen molar-refractivity contribution in [3.8, 4) is 0 Å². The van der Waals surface area contributed by atoms with Crippen LogP contribution in [0.25, 0.3) is 10.2 Å². The second-order valence-electron chi connectivity index (χ2n) is 1.51. The van der Waals surface area contributed by atoms with Crippen molar-refractivity contribution in [3.63, 3.8) is 0 Å². The number of hydrogen-bond donors (Lipinski definition) is 1. The van der Waals surface area contributed by atoms with E-state index in [1.807, 2.05) is 6.07 Å². The standard InChI is InChI=1S/C5H3N2S/c1-2-8-5-3-6-7-4(1)5/h1,3H,(H,6,7). The number of fused-ring (bicyclic) bond motifs is 1. The predicted molar refractivity (Wildman–Crippen MR) is 32.8 cm³/mol. The molecule has 0 atom stereocenters. The van der Waals surface area contributed by atoms with Crippen molar-refractivity contribution in [2.45, 2.75) is 0 Å². The van der Waals surface area contributed by atoms with E-state index in [0.717, 1.165) is 5.52 Å². The number of H-pyrrole nitrogens is 1. The third kappa shape index (κ3) is 0.391. The van der Waals surface area contributed by atoms with Gasteiger partial charge in [0, 0.05) is 5.38 Å². The highest BCUT2D eigenvalue weighted by molar-refractivity contribution is 7.16. The molecule has 2 nitrogen and oxygen atoms in total. The van der Waals surface area contributed by atoms with Gasteiger partial charge in [0.05, 0.1) is 16.4 Å². The predicted octanol–water partition coefficient (Wildman–Crippen LogP) is 1.42. The Bertz CT molecular complexity index is 232. The molecule has 1 radical (unpaired) electrons. The van der Waals surface area contributed by atoms with Crippen LogP contribution in [0.1, 0.15) is 0 Å². The fourth-order valence-corrected chi connectivity index (χ4v) is 1.25. The second kappa shape index (κ2) is 1.32. The van der Waals surface area contributed by atoms with Gasteiger partial charge in [-0.05, 0) is 6.07 Å². The van der Waals surface area contributed by atoms with Crippen molar-refractivity contribution < 1.29 is 0 Å². The van der Waals surface area contributed by atoms with Gasteiger partial charge in [0.15, 0.2) is 0 Å². The number of rotatable bonds is 0. The van der Waals surface area contributed by atoms with Gasteiger partial charge < -0.3 is 0 Å². The molecule has 0 spiro atoms. The summed E-state index contributed by atoms with van der Waals surface area (Å²) in [5, 5.41) is 9.64. The highest BCUT2D eigenvalue weighted by Crippen LogP contribution is 2.15. The Balaban J connectivity index is 3.06. The van der Waals surface area contributed by atoms with E-state index < -0.39 is 0 Å². The molecule has 0 bridgehead atoms. The Kier molecular flexibility index (Phi) is 0.676.